The van der Waals surface area contributed by atoms with Crippen LogP contribution in [0.2, 0.25) is 0 Å². The average Bonchev–Trinajstić information content (AvgIpc) is 2.74. The summed E-state index contributed by atoms with van der Waals surface area (Å²) in [7, 11) is 1.40. The van der Waals surface area contributed by atoms with Gasteiger partial charge in [-0.3, -0.25) is 14.7 Å². The van der Waals surface area contributed by atoms with Crippen molar-refractivity contribution in [3.05, 3.63) is 17.5 Å². The van der Waals surface area contributed by atoms with Crippen molar-refractivity contribution in [1.82, 2.24) is 15.5 Å². The Morgan fingerprint density at radius 2 is 2.10 bits per heavy atom. The van der Waals surface area contributed by atoms with Crippen molar-refractivity contribution in [2.24, 2.45) is 5.92 Å². The fourth-order valence-electron chi connectivity index (χ4n) is 2.74. The Hall–Kier alpha value is -1.85. The van der Waals surface area contributed by atoms with Gasteiger partial charge in [-0.25, -0.2) is 0 Å². The molecule has 1 saturated carbocycles. The third-order valence-electron chi connectivity index (χ3n) is 3.91. The zero-order valence-corrected chi connectivity index (χ0v) is 11.9. The van der Waals surface area contributed by atoms with Crippen molar-refractivity contribution in [1.29, 1.82) is 0 Å². The second-order valence-corrected chi connectivity index (χ2v) is 5.26. The van der Waals surface area contributed by atoms with Crippen molar-refractivity contribution < 1.29 is 14.3 Å². The lowest BCUT2D eigenvalue weighted by molar-refractivity contribution is -0.146. The maximum absolute atomic E-state index is 12.2. The number of aromatic nitrogens is 2. The predicted octanol–water partition coefficient (Wildman–Crippen LogP) is 1.57. The third-order valence-corrected chi connectivity index (χ3v) is 3.91. The molecule has 2 N–H and O–H groups in total. The fourth-order valence-corrected chi connectivity index (χ4v) is 2.74. The van der Waals surface area contributed by atoms with Crippen molar-refractivity contribution in [2.75, 3.05) is 7.11 Å². The number of carbonyl (C=O) groups excluding carboxylic acids is 2. The fraction of sp³-hybridized carbons (Fsp3) is 0.643. The molecule has 1 fully saturated rings. The van der Waals surface area contributed by atoms with Crippen LogP contribution in [-0.2, 0) is 9.53 Å². The number of hydrogen-bond donors (Lipinski definition) is 2. The van der Waals surface area contributed by atoms with Crippen LogP contribution >= 0.6 is 0 Å². The number of aromatic amines is 1. The number of esters is 1. The first kappa shape index (κ1) is 14.6. The number of rotatable bonds is 3. The second kappa shape index (κ2) is 6.54. The van der Waals surface area contributed by atoms with Gasteiger partial charge in [-0.1, -0.05) is 19.3 Å². The van der Waals surface area contributed by atoms with Gasteiger partial charge >= 0.3 is 5.97 Å². The van der Waals surface area contributed by atoms with E-state index in [1.54, 1.807) is 6.92 Å². The molecule has 0 aromatic carbocycles. The maximum atomic E-state index is 12.2. The van der Waals surface area contributed by atoms with Crippen molar-refractivity contribution in [3.63, 3.8) is 0 Å². The normalized spacial score (nSPS) is 22.9. The molecule has 0 spiro atoms. The largest absolute Gasteiger partial charge is 0.469 e. The SMILES string of the molecule is COC(=O)[C@@H]1CCCCC[C@@H]1NC(=O)c1cn[nH]c1C. The van der Waals surface area contributed by atoms with E-state index in [9.17, 15) is 9.59 Å². The Balaban J connectivity index is 2.09. The molecule has 0 saturated heterocycles. The number of nitrogens with zero attached hydrogens (tertiary/aromatic N) is 1. The molecule has 1 amide bonds. The highest BCUT2D eigenvalue weighted by Gasteiger charge is 2.32. The van der Waals surface area contributed by atoms with Crippen LogP contribution in [0, 0.1) is 12.8 Å². The summed E-state index contributed by atoms with van der Waals surface area (Å²) >= 11 is 0. The first-order valence-corrected chi connectivity index (χ1v) is 7.02. The zero-order valence-electron chi connectivity index (χ0n) is 11.9. The highest BCUT2D eigenvalue weighted by atomic mass is 16.5. The summed E-state index contributed by atoms with van der Waals surface area (Å²) in [5, 5.41) is 9.56. The molecule has 1 aromatic rings. The Bertz CT molecular complexity index is 484. The number of aryl methyl sites for hydroxylation is 1. The molecule has 1 heterocycles. The van der Waals surface area contributed by atoms with E-state index in [-0.39, 0.29) is 23.8 Å². The number of H-pyrrole nitrogens is 1. The van der Waals surface area contributed by atoms with Gasteiger partial charge in [-0.2, -0.15) is 5.10 Å². The minimum Gasteiger partial charge on any atom is -0.469 e. The topological polar surface area (TPSA) is 84.1 Å². The molecule has 110 valence electrons. The molecule has 0 aliphatic heterocycles. The van der Waals surface area contributed by atoms with Crippen LogP contribution < -0.4 is 5.32 Å². The summed E-state index contributed by atoms with van der Waals surface area (Å²) in [6, 6.07) is -0.160. The quantitative estimate of drug-likeness (QED) is 0.649. The molecule has 1 aliphatic rings. The lowest BCUT2D eigenvalue weighted by Crippen LogP contribution is -2.43. The number of amides is 1. The van der Waals surface area contributed by atoms with Gasteiger partial charge in [-0.05, 0) is 19.8 Å². The van der Waals surface area contributed by atoms with Gasteiger partial charge in [0.15, 0.2) is 0 Å². The molecular weight excluding hydrogens is 258 g/mol. The number of hydrogen-bond acceptors (Lipinski definition) is 4. The van der Waals surface area contributed by atoms with Gasteiger partial charge in [0.05, 0.1) is 24.8 Å². The van der Waals surface area contributed by atoms with E-state index in [0.29, 0.717) is 5.56 Å². The minimum atomic E-state index is -0.251. The highest BCUT2D eigenvalue weighted by Crippen LogP contribution is 2.25. The Labute approximate surface area is 118 Å². The van der Waals surface area contributed by atoms with Gasteiger partial charge in [0.1, 0.15) is 0 Å². The molecular formula is C14H21N3O3. The van der Waals surface area contributed by atoms with E-state index in [2.05, 4.69) is 15.5 Å². The van der Waals surface area contributed by atoms with Crippen LogP contribution in [0.5, 0.6) is 0 Å². The minimum absolute atomic E-state index is 0.160. The maximum Gasteiger partial charge on any atom is 0.310 e. The lowest BCUT2D eigenvalue weighted by Gasteiger charge is -2.24. The van der Waals surface area contributed by atoms with Crippen LogP contribution in [0.1, 0.15) is 48.2 Å². The Morgan fingerprint density at radius 3 is 2.75 bits per heavy atom. The summed E-state index contributed by atoms with van der Waals surface area (Å²) < 4.78 is 4.86. The van der Waals surface area contributed by atoms with Gasteiger partial charge in [0.2, 0.25) is 0 Å². The molecule has 0 radical (unpaired) electrons. The summed E-state index contributed by atoms with van der Waals surface area (Å²) in [6.07, 6.45) is 6.18. The molecule has 6 heteroatoms. The van der Waals surface area contributed by atoms with Gasteiger partial charge in [0.25, 0.3) is 5.91 Å². The van der Waals surface area contributed by atoms with E-state index in [0.717, 1.165) is 37.8 Å². The average molecular weight is 279 g/mol. The lowest BCUT2D eigenvalue weighted by atomic mass is 9.94. The smallest absolute Gasteiger partial charge is 0.310 e. The summed E-state index contributed by atoms with van der Waals surface area (Å²) in [5.41, 5.74) is 1.25. The van der Waals surface area contributed by atoms with Crippen LogP contribution in [0.4, 0.5) is 0 Å². The Morgan fingerprint density at radius 1 is 1.35 bits per heavy atom. The number of carbonyl (C=O) groups is 2. The van der Waals surface area contributed by atoms with Crippen molar-refractivity contribution in [3.8, 4) is 0 Å². The third kappa shape index (κ3) is 3.18. The molecule has 6 nitrogen and oxygen atoms in total. The molecule has 0 unspecified atom stereocenters. The number of methoxy groups -OCH3 is 1. The number of ether oxygens (including phenoxy) is 1. The summed E-state index contributed by atoms with van der Waals surface area (Å²) in [5.74, 6) is -0.670. The Kier molecular flexibility index (Phi) is 4.76. The van der Waals surface area contributed by atoms with E-state index in [1.807, 2.05) is 0 Å². The highest BCUT2D eigenvalue weighted by molar-refractivity contribution is 5.95. The van der Waals surface area contributed by atoms with Crippen LogP contribution in [0.25, 0.3) is 0 Å². The first-order valence-electron chi connectivity index (χ1n) is 7.02. The molecule has 2 atom stereocenters. The molecule has 0 bridgehead atoms. The van der Waals surface area contributed by atoms with Crippen LogP contribution in [0.15, 0.2) is 6.20 Å². The van der Waals surface area contributed by atoms with Gasteiger partial charge in [0, 0.05) is 11.7 Å². The second-order valence-electron chi connectivity index (χ2n) is 5.26. The summed E-state index contributed by atoms with van der Waals surface area (Å²) in [6.45, 7) is 1.80. The number of nitrogens with one attached hydrogen (secondary N) is 2. The monoisotopic (exact) mass is 279 g/mol. The predicted molar refractivity (Wildman–Crippen MR) is 73.2 cm³/mol. The van der Waals surface area contributed by atoms with E-state index in [4.69, 9.17) is 4.74 Å². The van der Waals surface area contributed by atoms with Crippen molar-refractivity contribution in [2.45, 2.75) is 45.1 Å². The van der Waals surface area contributed by atoms with Crippen LogP contribution in [-0.4, -0.2) is 35.2 Å². The first-order chi connectivity index (χ1) is 9.63. The molecule has 1 aliphatic carbocycles. The molecule has 1 aromatic heterocycles. The molecule has 20 heavy (non-hydrogen) atoms. The van der Waals surface area contributed by atoms with E-state index in [1.165, 1.54) is 13.3 Å². The van der Waals surface area contributed by atoms with E-state index < -0.39 is 0 Å². The van der Waals surface area contributed by atoms with Crippen molar-refractivity contribution >= 4 is 11.9 Å². The summed E-state index contributed by atoms with van der Waals surface area (Å²) in [4.78, 5) is 24.1. The zero-order chi connectivity index (χ0) is 14.5. The van der Waals surface area contributed by atoms with E-state index >= 15 is 0 Å². The van der Waals surface area contributed by atoms with Gasteiger partial charge in [-0.15, -0.1) is 0 Å². The molecule has 2 rings (SSSR count). The standard InChI is InChI=1S/C14H21N3O3/c1-9-11(8-15-17-9)13(18)16-12-7-5-3-4-6-10(12)14(19)20-2/h8,10,12H,3-7H2,1-2H3,(H,15,17)(H,16,18)/t10-,12+/m1/s1. The van der Waals surface area contributed by atoms with Crippen LogP contribution in [0.3, 0.4) is 0 Å². The van der Waals surface area contributed by atoms with Gasteiger partial charge < -0.3 is 10.1 Å².